The Morgan fingerprint density at radius 1 is 1.64 bits per heavy atom. The van der Waals surface area contributed by atoms with Crippen LogP contribution in [0, 0.1) is 0 Å². The van der Waals surface area contributed by atoms with E-state index in [1.54, 1.807) is 11.3 Å². The van der Waals surface area contributed by atoms with Crippen LogP contribution < -0.4 is 5.32 Å². The fourth-order valence-corrected chi connectivity index (χ4v) is 2.68. The maximum Gasteiger partial charge on any atom is 0.0218 e. The third-order valence-corrected chi connectivity index (χ3v) is 3.69. The van der Waals surface area contributed by atoms with E-state index in [0.717, 1.165) is 19.1 Å². The van der Waals surface area contributed by atoms with Crippen molar-refractivity contribution in [2.45, 2.75) is 25.4 Å². The lowest BCUT2D eigenvalue weighted by Crippen LogP contribution is -2.35. The average molecular weight is 210 g/mol. The number of likely N-dealkylation sites (tertiary alicyclic amines) is 1. The summed E-state index contributed by atoms with van der Waals surface area (Å²) in [6.07, 6.45) is 2.72. The first-order valence-electron chi connectivity index (χ1n) is 5.28. The van der Waals surface area contributed by atoms with Crippen molar-refractivity contribution >= 4 is 11.3 Å². The summed E-state index contributed by atoms with van der Waals surface area (Å²) in [5.41, 5.74) is 1.41. The number of rotatable bonds is 4. The third-order valence-electron chi connectivity index (χ3n) is 2.96. The van der Waals surface area contributed by atoms with E-state index in [0.29, 0.717) is 0 Å². The van der Waals surface area contributed by atoms with Crippen molar-refractivity contribution in [3.8, 4) is 0 Å². The molecule has 78 valence electrons. The normalized spacial score (nSPS) is 23.1. The van der Waals surface area contributed by atoms with Gasteiger partial charge in [0.1, 0.15) is 0 Å². The predicted molar refractivity (Wildman–Crippen MR) is 61.7 cm³/mol. The molecule has 3 heteroatoms. The van der Waals surface area contributed by atoms with Crippen LogP contribution in [0.2, 0.25) is 0 Å². The zero-order valence-corrected chi connectivity index (χ0v) is 9.52. The van der Waals surface area contributed by atoms with Crippen molar-refractivity contribution in [1.82, 2.24) is 10.2 Å². The van der Waals surface area contributed by atoms with E-state index in [2.05, 4.69) is 34.1 Å². The summed E-state index contributed by atoms with van der Waals surface area (Å²) in [6.45, 7) is 3.42. The first kappa shape index (κ1) is 10.1. The molecule has 0 amide bonds. The fraction of sp³-hybridized carbons (Fsp3) is 0.636. The average Bonchev–Trinajstić information content (AvgIpc) is 2.78. The van der Waals surface area contributed by atoms with Crippen LogP contribution in [0.25, 0.3) is 0 Å². The zero-order chi connectivity index (χ0) is 9.80. The van der Waals surface area contributed by atoms with Gasteiger partial charge in [-0.2, -0.15) is 11.3 Å². The minimum Gasteiger partial charge on any atom is -0.311 e. The SMILES string of the molecule is CN1CCCC1CNCc1ccsc1. The van der Waals surface area contributed by atoms with Crippen LogP contribution in [-0.2, 0) is 6.54 Å². The lowest BCUT2D eigenvalue weighted by Gasteiger charge is -2.19. The Morgan fingerprint density at radius 2 is 2.57 bits per heavy atom. The molecular formula is C11H18N2S. The van der Waals surface area contributed by atoms with Gasteiger partial charge < -0.3 is 10.2 Å². The van der Waals surface area contributed by atoms with E-state index in [-0.39, 0.29) is 0 Å². The second-order valence-electron chi connectivity index (χ2n) is 4.04. The van der Waals surface area contributed by atoms with Crippen LogP contribution in [0.15, 0.2) is 16.8 Å². The van der Waals surface area contributed by atoms with Gasteiger partial charge in [0, 0.05) is 19.1 Å². The molecule has 0 radical (unpaired) electrons. The molecule has 1 aliphatic heterocycles. The summed E-state index contributed by atoms with van der Waals surface area (Å²) < 4.78 is 0. The highest BCUT2D eigenvalue weighted by Gasteiger charge is 2.19. The molecule has 1 unspecified atom stereocenters. The summed E-state index contributed by atoms with van der Waals surface area (Å²) >= 11 is 1.77. The van der Waals surface area contributed by atoms with Crippen LogP contribution in [0.4, 0.5) is 0 Å². The number of thiophene rings is 1. The van der Waals surface area contributed by atoms with E-state index in [1.807, 2.05) is 0 Å². The Morgan fingerprint density at radius 3 is 3.21 bits per heavy atom. The predicted octanol–water partition coefficient (Wildman–Crippen LogP) is 1.93. The van der Waals surface area contributed by atoms with Crippen molar-refractivity contribution in [3.05, 3.63) is 22.4 Å². The standard InChI is InChI=1S/C11H18N2S/c1-13-5-2-3-11(13)8-12-7-10-4-6-14-9-10/h4,6,9,11-12H,2-3,5,7-8H2,1H3. The molecule has 1 atom stereocenters. The summed E-state index contributed by atoms with van der Waals surface area (Å²) in [5, 5.41) is 7.88. The Hall–Kier alpha value is -0.380. The van der Waals surface area contributed by atoms with E-state index >= 15 is 0 Å². The molecular weight excluding hydrogens is 192 g/mol. The van der Waals surface area contributed by atoms with Crippen molar-refractivity contribution in [3.63, 3.8) is 0 Å². The highest BCUT2D eigenvalue weighted by molar-refractivity contribution is 7.07. The van der Waals surface area contributed by atoms with Gasteiger partial charge in [0.2, 0.25) is 0 Å². The Balaban J connectivity index is 1.68. The van der Waals surface area contributed by atoms with Gasteiger partial charge in [-0.3, -0.25) is 0 Å². The summed E-state index contributed by atoms with van der Waals surface area (Å²) in [5.74, 6) is 0. The molecule has 0 saturated carbocycles. The lowest BCUT2D eigenvalue weighted by atomic mass is 10.2. The Bertz CT molecular complexity index is 258. The molecule has 1 aliphatic rings. The molecule has 0 bridgehead atoms. The number of hydrogen-bond donors (Lipinski definition) is 1. The van der Waals surface area contributed by atoms with Gasteiger partial charge in [-0.1, -0.05) is 0 Å². The van der Waals surface area contributed by atoms with Crippen LogP contribution in [0.1, 0.15) is 18.4 Å². The quantitative estimate of drug-likeness (QED) is 0.817. The van der Waals surface area contributed by atoms with Crippen LogP contribution in [0.3, 0.4) is 0 Å². The second kappa shape index (κ2) is 4.91. The Labute approximate surface area is 89.9 Å². The first-order chi connectivity index (χ1) is 6.86. The molecule has 2 heterocycles. The molecule has 2 nitrogen and oxygen atoms in total. The van der Waals surface area contributed by atoms with Crippen LogP contribution in [-0.4, -0.2) is 31.1 Å². The third kappa shape index (κ3) is 2.56. The number of likely N-dealkylation sites (N-methyl/N-ethyl adjacent to an activating group) is 1. The highest BCUT2D eigenvalue weighted by Crippen LogP contribution is 2.13. The molecule has 1 saturated heterocycles. The van der Waals surface area contributed by atoms with Gasteiger partial charge in [0.25, 0.3) is 0 Å². The topological polar surface area (TPSA) is 15.3 Å². The summed E-state index contributed by atoms with van der Waals surface area (Å²) in [7, 11) is 2.23. The lowest BCUT2D eigenvalue weighted by molar-refractivity contribution is 0.300. The molecule has 1 aromatic heterocycles. The molecule has 14 heavy (non-hydrogen) atoms. The van der Waals surface area contributed by atoms with Gasteiger partial charge in [-0.05, 0) is 48.8 Å². The molecule has 0 aliphatic carbocycles. The molecule has 2 rings (SSSR count). The molecule has 0 spiro atoms. The largest absolute Gasteiger partial charge is 0.311 e. The molecule has 1 fully saturated rings. The van der Waals surface area contributed by atoms with Crippen molar-refractivity contribution < 1.29 is 0 Å². The first-order valence-corrected chi connectivity index (χ1v) is 6.22. The zero-order valence-electron chi connectivity index (χ0n) is 8.70. The second-order valence-corrected chi connectivity index (χ2v) is 4.82. The molecule has 1 N–H and O–H groups in total. The number of hydrogen-bond acceptors (Lipinski definition) is 3. The molecule has 1 aromatic rings. The monoisotopic (exact) mass is 210 g/mol. The van der Waals surface area contributed by atoms with Crippen molar-refractivity contribution in [2.75, 3.05) is 20.1 Å². The number of nitrogens with one attached hydrogen (secondary N) is 1. The smallest absolute Gasteiger partial charge is 0.0218 e. The van der Waals surface area contributed by atoms with Crippen LogP contribution in [0.5, 0.6) is 0 Å². The fourth-order valence-electron chi connectivity index (χ4n) is 2.01. The maximum absolute atomic E-state index is 3.53. The van der Waals surface area contributed by atoms with E-state index in [4.69, 9.17) is 0 Å². The minimum atomic E-state index is 0.758. The maximum atomic E-state index is 3.53. The highest BCUT2D eigenvalue weighted by atomic mass is 32.1. The van der Waals surface area contributed by atoms with Crippen molar-refractivity contribution in [2.24, 2.45) is 0 Å². The van der Waals surface area contributed by atoms with Gasteiger partial charge in [0.15, 0.2) is 0 Å². The summed E-state index contributed by atoms with van der Waals surface area (Å²) in [6, 6.07) is 2.95. The van der Waals surface area contributed by atoms with Gasteiger partial charge >= 0.3 is 0 Å². The minimum absolute atomic E-state index is 0.758. The Kier molecular flexibility index (Phi) is 3.56. The molecule has 0 aromatic carbocycles. The van der Waals surface area contributed by atoms with Gasteiger partial charge in [-0.25, -0.2) is 0 Å². The van der Waals surface area contributed by atoms with Gasteiger partial charge in [0.05, 0.1) is 0 Å². The summed E-state index contributed by atoms with van der Waals surface area (Å²) in [4.78, 5) is 2.46. The van der Waals surface area contributed by atoms with Crippen molar-refractivity contribution in [1.29, 1.82) is 0 Å². The van der Waals surface area contributed by atoms with E-state index < -0.39 is 0 Å². The van der Waals surface area contributed by atoms with Gasteiger partial charge in [-0.15, -0.1) is 0 Å². The number of nitrogens with zero attached hydrogens (tertiary/aromatic N) is 1. The van der Waals surface area contributed by atoms with Crippen LogP contribution >= 0.6 is 11.3 Å². The van der Waals surface area contributed by atoms with E-state index in [1.165, 1.54) is 24.9 Å². The van der Waals surface area contributed by atoms with E-state index in [9.17, 15) is 0 Å².